The summed E-state index contributed by atoms with van der Waals surface area (Å²) in [6, 6.07) is 0. The molecule has 0 aliphatic carbocycles. The Morgan fingerprint density at radius 3 is 3.14 bits per heavy atom. The molecule has 1 aliphatic heterocycles. The highest BCUT2D eigenvalue weighted by Gasteiger charge is 2.12. The third-order valence-corrected chi connectivity index (χ3v) is 2.54. The highest BCUT2D eigenvalue weighted by Crippen LogP contribution is 2.09. The van der Waals surface area contributed by atoms with Crippen molar-refractivity contribution in [2.75, 3.05) is 27.2 Å². The Labute approximate surface area is 84.9 Å². The number of aromatic nitrogens is 2. The molecule has 0 fully saturated rings. The summed E-state index contributed by atoms with van der Waals surface area (Å²) in [5.41, 5.74) is 1.33. The zero-order valence-electron chi connectivity index (χ0n) is 8.95. The molecule has 0 saturated heterocycles. The van der Waals surface area contributed by atoms with Crippen molar-refractivity contribution in [2.45, 2.75) is 19.5 Å². The quantitative estimate of drug-likeness (QED) is 0.724. The monoisotopic (exact) mass is 194 g/mol. The molecule has 4 nitrogen and oxygen atoms in total. The van der Waals surface area contributed by atoms with Gasteiger partial charge >= 0.3 is 0 Å². The van der Waals surface area contributed by atoms with Gasteiger partial charge in [0.2, 0.25) is 0 Å². The molecule has 78 valence electrons. The topological polar surface area (TPSA) is 33.1 Å². The molecule has 2 heterocycles. The molecule has 4 heteroatoms. The Kier molecular flexibility index (Phi) is 2.84. The number of hydrogen-bond acceptors (Lipinski definition) is 3. The van der Waals surface area contributed by atoms with Gasteiger partial charge in [-0.15, -0.1) is 0 Å². The van der Waals surface area contributed by atoms with Crippen LogP contribution in [0.15, 0.2) is 6.20 Å². The fourth-order valence-corrected chi connectivity index (χ4v) is 1.89. The summed E-state index contributed by atoms with van der Waals surface area (Å²) in [5, 5.41) is 3.39. The van der Waals surface area contributed by atoms with Crippen LogP contribution in [0.2, 0.25) is 0 Å². The first-order chi connectivity index (χ1) is 6.77. The van der Waals surface area contributed by atoms with Gasteiger partial charge in [-0.2, -0.15) is 0 Å². The number of imidazole rings is 1. The second-order valence-electron chi connectivity index (χ2n) is 4.06. The summed E-state index contributed by atoms with van der Waals surface area (Å²) in [6.07, 6.45) is 3.06. The van der Waals surface area contributed by atoms with Crippen molar-refractivity contribution in [3.05, 3.63) is 17.7 Å². The molecule has 1 aromatic rings. The first kappa shape index (κ1) is 9.68. The van der Waals surface area contributed by atoms with Gasteiger partial charge in [0.05, 0.1) is 5.69 Å². The first-order valence-corrected chi connectivity index (χ1v) is 5.16. The van der Waals surface area contributed by atoms with E-state index in [2.05, 4.69) is 33.9 Å². The lowest BCUT2D eigenvalue weighted by atomic mass is 10.4. The third kappa shape index (κ3) is 1.96. The average molecular weight is 194 g/mol. The minimum absolute atomic E-state index is 0.979. The molecule has 1 aromatic heterocycles. The highest BCUT2D eigenvalue weighted by molar-refractivity contribution is 5.07. The molecule has 0 amide bonds. The Balaban J connectivity index is 2.20. The molecular weight excluding hydrogens is 176 g/mol. The molecule has 14 heavy (non-hydrogen) atoms. The van der Waals surface area contributed by atoms with Crippen LogP contribution in [-0.2, 0) is 19.5 Å². The standard InChI is InChI=1S/C10H18N4/c1-13(2)8-9-7-12-10-3-4-11-5-6-14(9)10/h7,11H,3-6,8H2,1-2H3. The predicted octanol–water partition coefficient (Wildman–Crippen LogP) is 0.0904. The molecule has 0 saturated carbocycles. The van der Waals surface area contributed by atoms with Crippen LogP contribution >= 0.6 is 0 Å². The van der Waals surface area contributed by atoms with Crippen molar-refractivity contribution in [1.29, 1.82) is 0 Å². The lowest BCUT2D eigenvalue weighted by molar-refractivity contribution is 0.386. The maximum Gasteiger partial charge on any atom is 0.110 e. The Morgan fingerprint density at radius 2 is 2.36 bits per heavy atom. The van der Waals surface area contributed by atoms with Gasteiger partial charge in [-0.3, -0.25) is 0 Å². The van der Waals surface area contributed by atoms with Gasteiger partial charge in [-0.05, 0) is 14.1 Å². The van der Waals surface area contributed by atoms with E-state index >= 15 is 0 Å². The van der Waals surface area contributed by atoms with Crippen LogP contribution in [0.1, 0.15) is 11.5 Å². The maximum atomic E-state index is 4.47. The number of nitrogens with one attached hydrogen (secondary N) is 1. The maximum absolute atomic E-state index is 4.47. The number of rotatable bonds is 2. The lowest BCUT2D eigenvalue weighted by Gasteiger charge is -2.12. The van der Waals surface area contributed by atoms with E-state index in [1.807, 2.05) is 6.20 Å². The predicted molar refractivity (Wildman–Crippen MR) is 56.2 cm³/mol. The molecule has 0 radical (unpaired) electrons. The van der Waals surface area contributed by atoms with Crippen molar-refractivity contribution in [3.8, 4) is 0 Å². The van der Waals surface area contributed by atoms with E-state index in [-0.39, 0.29) is 0 Å². The van der Waals surface area contributed by atoms with Crippen LogP contribution in [0, 0.1) is 0 Å². The largest absolute Gasteiger partial charge is 0.329 e. The van der Waals surface area contributed by atoms with Crippen LogP contribution < -0.4 is 5.32 Å². The van der Waals surface area contributed by atoms with E-state index < -0.39 is 0 Å². The fraction of sp³-hybridized carbons (Fsp3) is 0.700. The van der Waals surface area contributed by atoms with Gasteiger partial charge in [0.25, 0.3) is 0 Å². The van der Waals surface area contributed by atoms with Gasteiger partial charge in [-0.1, -0.05) is 0 Å². The number of hydrogen-bond donors (Lipinski definition) is 1. The zero-order valence-corrected chi connectivity index (χ0v) is 8.95. The van der Waals surface area contributed by atoms with Gasteiger partial charge in [0.1, 0.15) is 5.82 Å². The summed E-state index contributed by atoms with van der Waals surface area (Å²) in [7, 11) is 4.18. The van der Waals surface area contributed by atoms with Crippen molar-refractivity contribution in [1.82, 2.24) is 19.8 Å². The SMILES string of the molecule is CN(C)Cc1cnc2n1CCNCC2. The zero-order chi connectivity index (χ0) is 9.97. The van der Waals surface area contributed by atoms with Crippen LogP contribution in [0.4, 0.5) is 0 Å². The first-order valence-electron chi connectivity index (χ1n) is 5.16. The summed E-state index contributed by atoms with van der Waals surface area (Å²) >= 11 is 0. The van der Waals surface area contributed by atoms with E-state index in [9.17, 15) is 0 Å². The van der Waals surface area contributed by atoms with Crippen LogP contribution in [0.25, 0.3) is 0 Å². The van der Waals surface area contributed by atoms with Crippen LogP contribution in [-0.4, -0.2) is 41.6 Å². The van der Waals surface area contributed by atoms with Crippen LogP contribution in [0.3, 0.4) is 0 Å². The second kappa shape index (κ2) is 4.11. The minimum Gasteiger partial charge on any atom is -0.329 e. The molecular formula is C10H18N4. The molecule has 0 bridgehead atoms. The van der Waals surface area contributed by atoms with E-state index in [0.717, 1.165) is 32.6 Å². The second-order valence-corrected chi connectivity index (χ2v) is 4.06. The summed E-state index contributed by atoms with van der Waals surface area (Å²) < 4.78 is 2.35. The summed E-state index contributed by atoms with van der Waals surface area (Å²) in [4.78, 5) is 6.65. The third-order valence-electron chi connectivity index (χ3n) is 2.54. The van der Waals surface area contributed by atoms with E-state index in [1.165, 1.54) is 11.5 Å². The van der Waals surface area contributed by atoms with Crippen molar-refractivity contribution in [2.24, 2.45) is 0 Å². The van der Waals surface area contributed by atoms with Gasteiger partial charge in [0.15, 0.2) is 0 Å². The molecule has 0 spiro atoms. The van der Waals surface area contributed by atoms with Crippen molar-refractivity contribution in [3.63, 3.8) is 0 Å². The lowest BCUT2D eigenvalue weighted by Crippen LogP contribution is -2.19. The molecule has 1 aliphatic rings. The normalized spacial score (nSPS) is 16.8. The Bertz CT molecular complexity index is 303. The Hall–Kier alpha value is -0.870. The number of nitrogens with zero attached hydrogens (tertiary/aromatic N) is 3. The summed E-state index contributed by atoms with van der Waals surface area (Å²) in [6.45, 7) is 4.15. The highest BCUT2D eigenvalue weighted by atomic mass is 15.2. The molecule has 2 rings (SSSR count). The van der Waals surface area contributed by atoms with E-state index in [0.29, 0.717) is 0 Å². The summed E-state index contributed by atoms with van der Waals surface area (Å²) in [5.74, 6) is 1.23. The van der Waals surface area contributed by atoms with E-state index in [1.54, 1.807) is 0 Å². The average Bonchev–Trinajstić information content (AvgIpc) is 2.37. The minimum atomic E-state index is 0.979. The van der Waals surface area contributed by atoms with Gasteiger partial charge < -0.3 is 14.8 Å². The molecule has 0 aromatic carbocycles. The fourth-order valence-electron chi connectivity index (χ4n) is 1.89. The molecule has 0 atom stereocenters. The Morgan fingerprint density at radius 1 is 1.50 bits per heavy atom. The van der Waals surface area contributed by atoms with Gasteiger partial charge in [-0.25, -0.2) is 4.98 Å². The van der Waals surface area contributed by atoms with Crippen molar-refractivity contribution >= 4 is 0 Å². The smallest absolute Gasteiger partial charge is 0.110 e. The van der Waals surface area contributed by atoms with Crippen LogP contribution in [0.5, 0.6) is 0 Å². The van der Waals surface area contributed by atoms with E-state index in [4.69, 9.17) is 0 Å². The number of fused-ring (bicyclic) bond motifs is 1. The molecule has 0 unspecified atom stereocenters. The molecule has 1 N–H and O–H groups in total. The van der Waals surface area contributed by atoms with Crippen molar-refractivity contribution < 1.29 is 0 Å². The van der Waals surface area contributed by atoms with Gasteiger partial charge in [0, 0.05) is 38.8 Å².